The molecule has 21 heavy (non-hydrogen) atoms. The van der Waals surface area contributed by atoms with E-state index in [1.165, 1.54) is 12.3 Å². The second kappa shape index (κ2) is 7.12. The molecule has 0 bridgehead atoms. The second-order valence-electron chi connectivity index (χ2n) is 4.74. The molecule has 0 spiro atoms. The molecule has 2 rings (SSSR count). The van der Waals surface area contributed by atoms with E-state index in [0.717, 1.165) is 18.9 Å². The minimum Gasteiger partial charge on any atom is -0.478 e. The average molecular weight is 308 g/mol. The first-order chi connectivity index (χ1) is 10.0. The standard InChI is InChI=1S/C14H16N2O4S/c17-13(18)4-2-10-1-3-12(15-9-10)14(19)16-11-5-7-21(20)8-6-11/h1-4,9,11H,5-8H2,(H,16,19)(H,17,18)/b4-2+. The van der Waals surface area contributed by atoms with E-state index in [-0.39, 0.29) is 17.6 Å². The van der Waals surface area contributed by atoms with Gasteiger partial charge >= 0.3 is 5.97 Å². The van der Waals surface area contributed by atoms with Gasteiger partial charge in [-0.1, -0.05) is 6.07 Å². The molecule has 2 N–H and O–H groups in total. The molecule has 7 heteroatoms. The number of carboxylic acids is 1. The van der Waals surface area contributed by atoms with Crippen LogP contribution in [0.15, 0.2) is 24.4 Å². The lowest BCUT2D eigenvalue weighted by atomic mass is 10.1. The lowest BCUT2D eigenvalue weighted by Crippen LogP contribution is -2.39. The molecule has 0 unspecified atom stereocenters. The average Bonchev–Trinajstić information content (AvgIpc) is 2.48. The first-order valence-electron chi connectivity index (χ1n) is 6.57. The van der Waals surface area contributed by atoms with Crippen molar-refractivity contribution in [3.05, 3.63) is 35.7 Å². The van der Waals surface area contributed by atoms with Crippen LogP contribution in [0.5, 0.6) is 0 Å². The van der Waals surface area contributed by atoms with Crippen LogP contribution in [-0.2, 0) is 15.6 Å². The molecule has 1 saturated heterocycles. The highest BCUT2D eigenvalue weighted by molar-refractivity contribution is 7.85. The fraction of sp³-hybridized carbons (Fsp3) is 0.357. The Morgan fingerprint density at radius 1 is 1.33 bits per heavy atom. The van der Waals surface area contributed by atoms with Gasteiger partial charge in [0.05, 0.1) is 0 Å². The number of nitrogens with zero attached hydrogens (tertiary/aromatic N) is 1. The van der Waals surface area contributed by atoms with E-state index < -0.39 is 16.8 Å². The Balaban J connectivity index is 1.93. The predicted molar refractivity (Wildman–Crippen MR) is 79.3 cm³/mol. The van der Waals surface area contributed by atoms with Gasteiger partial charge in [0.1, 0.15) is 5.69 Å². The van der Waals surface area contributed by atoms with Gasteiger partial charge in [-0.05, 0) is 30.5 Å². The van der Waals surface area contributed by atoms with Crippen molar-refractivity contribution in [1.82, 2.24) is 10.3 Å². The van der Waals surface area contributed by atoms with Crippen molar-refractivity contribution in [3.8, 4) is 0 Å². The van der Waals surface area contributed by atoms with Crippen molar-refractivity contribution in [2.75, 3.05) is 11.5 Å². The van der Waals surface area contributed by atoms with Gasteiger partial charge in [0.2, 0.25) is 0 Å². The van der Waals surface area contributed by atoms with Crippen LogP contribution in [-0.4, -0.2) is 43.7 Å². The summed E-state index contributed by atoms with van der Waals surface area (Å²) >= 11 is 0. The van der Waals surface area contributed by atoms with E-state index in [1.54, 1.807) is 12.1 Å². The predicted octanol–water partition coefficient (Wildman–Crippen LogP) is 0.820. The topological polar surface area (TPSA) is 96.4 Å². The number of carboxylic acid groups (broad SMARTS) is 1. The van der Waals surface area contributed by atoms with Crippen LogP contribution in [0.1, 0.15) is 28.9 Å². The molecule has 0 atom stereocenters. The summed E-state index contributed by atoms with van der Waals surface area (Å²) in [5, 5.41) is 11.4. The number of hydrogen-bond donors (Lipinski definition) is 2. The van der Waals surface area contributed by atoms with E-state index in [1.807, 2.05) is 0 Å². The maximum absolute atomic E-state index is 12.0. The third kappa shape index (κ3) is 4.78. The zero-order chi connectivity index (χ0) is 15.2. The van der Waals surface area contributed by atoms with Crippen LogP contribution in [0.3, 0.4) is 0 Å². The molecule has 1 aromatic rings. The highest BCUT2D eigenvalue weighted by Gasteiger charge is 2.20. The number of rotatable bonds is 4. The Hall–Kier alpha value is -2.02. The highest BCUT2D eigenvalue weighted by atomic mass is 32.2. The zero-order valence-corrected chi connectivity index (χ0v) is 12.1. The van der Waals surface area contributed by atoms with Gasteiger partial charge in [-0.25, -0.2) is 4.79 Å². The Kier molecular flexibility index (Phi) is 5.21. The van der Waals surface area contributed by atoms with Crippen LogP contribution < -0.4 is 5.32 Å². The van der Waals surface area contributed by atoms with E-state index in [0.29, 0.717) is 17.1 Å². The molecule has 1 aliphatic heterocycles. The van der Waals surface area contributed by atoms with Crippen molar-refractivity contribution < 1.29 is 18.9 Å². The van der Waals surface area contributed by atoms with Gasteiger partial charge in [-0.3, -0.25) is 14.0 Å². The minimum atomic E-state index is -1.04. The maximum Gasteiger partial charge on any atom is 0.328 e. The van der Waals surface area contributed by atoms with Crippen molar-refractivity contribution in [2.45, 2.75) is 18.9 Å². The molecular formula is C14H16N2O4S. The molecule has 0 saturated carbocycles. The van der Waals surface area contributed by atoms with Gasteiger partial charge in [0.15, 0.2) is 0 Å². The highest BCUT2D eigenvalue weighted by Crippen LogP contribution is 2.10. The van der Waals surface area contributed by atoms with Crippen LogP contribution in [0.2, 0.25) is 0 Å². The summed E-state index contributed by atoms with van der Waals surface area (Å²) in [6.45, 7) is 0. The molecule has 2 heterocycles. The summed E-state index contributed by atoms with van der Waals surface area (Å²) in [6, 6.07) is 3.23. The summed E-state index contributed by atoms with van der Waals surface area (Å²) < 4.78 is 11.2. The molecule has 6 nitrogen and oxygen atoms in total. The SMILES string of the molecule is O=C(O)/C=C/c1ccc(C(=O)NC2CCS(=O)CC2)nc1. The zero-order valence-electron chi connectivity index (χ0n) is 11.3. The third-order valence-corrected chi connectivity index (χ3v) is 4.54. The van der Waals surface area contributed by atoms with E-state index >= 15 is 0 Å². The maximum atomic E-state index is 12.0. The molecule has 0 radical (unpaired) electrons. The quantitative estimate of drug-likeness (QED) is 0.803. The summed E-state index contributed by atoms with van der Waals surface area (Å²) in [5.41, 5.74) is 0.899. The summed E-state index contributed by atoms with van der Waals surface area (Å²) in [4.78, 5) is 26.4. The Morgan fingerprint density at radius 3 is 2.62 bits per heavy atom. The van der Waals surface area contributed by atoms with Crippen LogP contribution in [0, 0.1) is 0 Å². The number of carbonyl (C=O) groups excluding carboxylic acids is 1. The van der Waals surface area contributed by atoms with E-state index in [2.05, 4.69) is 10.3 Å². The molecular weight excluding hydrogens is 292 g/mol. The number of hydrogen-bond acceptors (Lipinski definition) is 4. The lowest BCUT2D eigenvalue weighted by Gasteiger charge is -2.22. The van der Waals surface area contributed by atoms with Crippen LogP contribution in [0.25, 0.3) is 6.08 Å². The van der Waals surface area contributed by atoms with Crippen molar-refractivity contribution in [2.24, 2.45) is 0 Å². The Labute approximate surface area is 124 Å². The number of aromatic nitrogens is 1. The van der Waals surface area contributed by atoms with Gasteiger partial charge in [-0.15, -0.1) is 0 Å². The number of nitrogens with one attached hydrogen (secondary N) is 1. The van der Waals surface area contributed by atoms with Gasteiger partial charge in [0, 0.05) is 40.6 Å². The van der Waals surface area contributed by atoms with Gasteiger partial charge in [0.25, 0.3) is 5.91 Å². The number of amides is 1. The smallest absolute Gasteiger partial charge is 0.328 e. The molecule has 112 valence electrons. The summed E-state index contributed by atoms with van der Waals surface area (Å²) in [5.74, 6) is -0.0536. The summed E-state index contributed by atoms with van der Waals surface area (Å²) in [6.07, 6.45) is 5.31. The fourth-order valence-corrected chi connectivity index (χ4v) is 3.30. The van der Waals surface area contributed by atoms with E-state index in [9.17, 15) is 13.8 Å². The first-order valence-corrected chi connectivity index (χ1v) is 8.06. The third-order valence-electron chi connectivity index (χ3n) is 3.16. The Bertz CT molecular complexity index is 573. The molecule has 0 aliphatic carbocycles. The van der Waals surface area contributed by atoms with E-state index in [4.69, 9.17) is 5.11 Å². The van der Waals surface area contributed by atoms with Gasteiger partial charge in [-0.2, -0.15) is 0 Å². The Morgan fingerprint density at radius 2 is 2.05 bits per heavy atom. The number of aliphatic carboxylic acids is 1. The molecule has 1 amide bonds. The van der Waals surface area contributed by atoms with Crippen molar-refractivity contribution in [1.29, 1.82) is 0 Å². The monoisotopic (exact) mass is 308 g/mol. The minimum absolute atomic E-state index is 0.0450. The van der Waals surface area contributed by atoms with Crippen molar-refractivity contribution >= 4 is 28.8 Å². The van der Waals surface area contributed by atoms with Gasteiger partial charge < -0.3 is 10.4 Å². The lowest BCUT2D eigenvalue weighted by molar-refractivity contribution is -0.131. The van der Waals surface area contributed by atoms with Crippen molar-refractivity contribution in [3.63, 3.8) is 0 Å². The summed E-state index contributed by atoms with van der Waals surface area (Å²) in [7, 11) is -0.752. The number of carbonyl (C=O) groups is 2. The largest absolute Gasteiger partial charge is 0.478 e. The normalized spacial score (nSPS) is 22.1. The first kappa shape index (κ1) is 15.4. The van der Waals surface area contributed by atoms with Crippen LogP contribution >= 0.6 is 0 Å². The molecule has 0 aromatic carbocycles. The molecule has 1 aliphatic rings. The number of pyridine rings is 1. The van der Waals surface area contributed by atoms with Crippen LogP contribution in [0.4, 0.5) is 0 Å². The molecule has 1 aromatic heterocycles. The second-order valence-corrected chi connectivity index (χ2v) is 6.44. The molecule has 1 fully saturated rings. The fourth-order valence-electron chi connectivity index (χ4n) is 2.00.